The minimum Gasteiger partial charge on any atom is -0.388 e. The van der Waals surface area contributed by atoms with Crippen LogP contribution in [0.1, 0.15) is 30.8 Å². The molecular weight excluding hydrogens is 262 g/mol. The lowest BCUT2D eigenvalue weighted by molar-refractivity contribution is 0.175. The van der Waals surface area contributed by atoms with Crippen LogP contribution in [0.3, 0.4) is 0 Å². The molecule has 0 bridgehead atoms. The number of hydrogen-bond acceptors (Lipinski definition) is 3. The predicted molar refractivity (Wildman–Crippen MR) is 82.9 cm³/mol. The average molecular weight is 281 g/mol. The van der Waals surface area contributed by atoms with Crippen LogP contribution >= 0.6 is 0 Å². The van der Waals surface area contributed by atoms with Gasteiger partial charge in [0.2, 0.25) is 0 Å². The number of aliphatic hydroxyl groups is 1. The van der Waals surface area contributed by atoms with Gasteiger partial charge in [-0.2, -0.15) is 0 Å². The Morgan fingerprint density at radius 1 is 1.14 bits per heavy atom. The molecule has 0 aliphatic heterocycles. The van der Waals surface area contributed by atoms with Gasteiger partial charge in [-0.25, -0.2) is 4.98 Å². The number of aliphatic hydroxyl groups excluding tert-OH is 1. The monoisotopic (exact) mass is 281 g/mol. The molecule has 2 aromatic heterocycles. The first-order valence-corrected chi connectivity index (χ1v) is 7.31. The molecule has 4 nitrogen and oxygen atoms in total. The summed E-state index contributed by atoms with van der Waals surface area (Å²) in [5.41, 5.74) is 1.72. The van der Waals surface area contributed by atoms with Crippen molar-refractivity contribution in [2.24, 2.45) is 0 Å². The first kappa shape index (κ1) is 13.8. The molecule has 1 N–H and O–H groups in total. The Bertz CT molecular complexity index is 730. The fraction of sp³-hybridized carbons (Fsp3) is 0.294. The van der Waals surface area contributed by atoms with Crippen molar-refractivity contribution in [3.63, 3.8) is 0 Å². The maximum absolute atomic E-state index is 10.6. The molecule has 2 heterocycles. The van der Waals surface area contributed by atoms with Crippen LogP contribution in [-0.2, 0) is 13.0 Å². The maximum atomic E-state index is 10.6. The third-order valence-corrected chi connectivity index (χ3v) is 3.67. The minimum atomic E-state index is -0.596. The number of rotatable bonds is 5. The van der Waals surface area contributed by atoms with Gasteiger partial charge in [0.1, 0.15) is 5.82 Å². The first-order chi connectivity index (χ1) is 10.3. The van der Waals surface area contributed by atoms with Crippen molar-refractivity contribution in [3.05, 3.63) is 60.3 Å². The Balaban J connectivity index is 1.90. The van der Waals surface area contributed by atoms with E-state index in [1.807, 2.05) is 36.5 Å². The van der Waals surface area contributed by atoms with Gasteiger partial charge in [-0.05, 0) is 12.5 Å². The van der Waals surface area contributed by atoms with E-state index in [0.29, 0.717) is 6.42 Å². The van der Waals surface area contributed by atoms with Gasteiger partial charge >= 0.3 is 0 Å². The summed E-state index contributed by atoms with van der Waals surface area (Å²) in [6.45, 7) is 3.06. The SMILES string of the molecule is CCCn1ccnc1CC(O)c1cccc2cccnc12. The number of aryl methyl sites for hydroxylation is 1. The van der Waals surface area contributed by atoms with E-state index < -0.39 is 6.10 Å². The summed E-state index contributed by atoms with van der Waals surface area (Å²) in [6.07, 6.45) is 6.47. The average Bonchev–Trinajstić information content (AvgIpc) is 2.94. The number of benzene rings is 1. The summed E-state index contributed by atoms with van der Waals surface area (Å²) in [5.74, 6) is 0.914. The molecule has 1 unspecified atom stereocenters. The highest BCUT2D eigenvalue weighted by molar-refractivity contribution is 5.81. The predicted octanol–water partition coefficient (Wildman–Crippen LogP) is 3.12. The van der Waals surface area contributed by atoms with Crippen molar-refractivity contribution >= 4 is 10.9 Å². The van der Waals surface area contributed by atoms with Crippen LogP contribution in [-0.4, -0.2) is 19.6 Å². The van der Waals surface area contributed by atoms with Crippen molar-refractivity contribution in [2.75, 3.05) is 0 Å². The molecule has 21 heavy (non-hydrogen) atoms. The number of fused-ring (bicyclic) bond motifs is 1. The van der Waals surface area contributed by atoms with Crippen molar-refractivity contribution in [2.45, 2.75) is 32.4 Å². The Hall–Kier alpha value is -2.20. The van der Waals surface area contributed by atoms with Gasteiger partial charge in [0, 0.05) is 42.5 Å². The second-order valence-electron chi connectivity index (χ2n) is 5.18. The molecule has 0 spiro atoms. The fourth-order valence-electron chi connectivity index (χ4n) is 2.65. The molecule has 1 aromatic carbocycles. The first-order valence-electron chi connectivity index (χ1n) is 7.31. The Kier molecular flexibility index (Phi) is 3.97. The molecular formula is C17H19N3O. The van der Waals surface area contributed by atoms with Gasteiger partial charge in [-0.1, -0.05) is 31.2 Å². The second kappa shape index (κ2) is 6.06. The normalized spacial score (nSPS) is 12.7. The molecule has 4 heteroatoms. The number of aromatic nitrogens is 3. The lowest BCUT2D eigenvalue weighted by atomic mass is 10.0. The molecule has 3 aromatic rings. The van der Waals surface area contributed by atoms with E-state index in [4.69, 9.17) is 0 Å². The van der Waals surface area contributed by atoms with Gasteiger partial charge in [-0.3, -0.25) is 4.98 Å². The quantitative estimate of drug-likeness (QED) is 0.781. The molecule has 3 rings (SSSR count). The van der Waals surface area contributed by atoms with Crippen LogP contribution in [0.5, 0.6) is 0 Å². The van der Waals surface area contributed by atoms with Gasteiger partial charge in [0.05, 0.1) is 11.6 Å². The van der Waals surface area contributed by atoms with E-state index in [1.165, 1.54) is 0 Å². The van der Waals surface area contributed by atoms with Gasteiger partial charge in [0.15, 0.2) is 0 Å². The van der Waals surface area contributed by atoms with E-state index in [-0.39, 0.29) is 0 Å². The van der Waals surface area contributed by atoms with Crippen molar-refractivity contribution in [1.82, 2.24) is 14.5 Å². The number of imidazole rings is 1. The molecule has 0 aliphatic rings. The molecule has 0 radical (unpaired) electrons. The lowest BCUT2D eigenvalue weighted by Gasteiger charge is -2.14. The maximum Gasteiger partial charge on any atom is 0.111 e. The van der Waals surface area contributed by atoms with Crippen LogP contribution in [0.25, 0.3) is 10.9 Å². The topological polar surface area (TPSA) is 50.9 Å². The summed E-state index contributed by atoms with van der Waals surface area (Å²) < 4.78 is 2.10. The number of pyridine rings is 1. The van der Waals surface area contributed by atoms with Crippen LogP contribution in [0.2, 0.25) is 0 Å². The van der Waals surface area contributed by atoms with E-state index in [2.05, 4.69) is 21.5 Å². The molecule has 1 atom stereocenters. The largest absolute Gasteiger partial charge is 0.388 e. The highest BCUT2D eigenvalue weighted by Gasteiger charge is 2.15. The zero-order chi connectivity index (χ0) is 14.7. The van der Waals surface area contributed by atoms with Crippen LogP contribution in [0.4, 0.5) is 0 Å². The zero-order valence-corrected chi connectivity index (χ0v) is 12.1. The molecule has 108 valence electrons. The third kappa shape index (κ3) is 2.81. The lowest BCUT2D eigenvalue weighted by Crippen LogP contribution is -2.09. The number of nitrogens with zero attached hydrogens (tertiary/aromatic N) is 3. The molecule has 0 amide bonds. The van der Waals surface area contributed by atoms with E-state index in [1.54, 1.807) is 12.4 Å². The van der Waals surface area contributed by atoms with E-state index in [9.17, 15) is 5.11 Å². The fourth-order valence-corrected chi connectivity index (χ4v) is 2.65. The highest BCUT2D eigenvalue weighted by atomic mass is 16.3. The molecule has 0 fully saturated rings. The Labute approximate surface area is 124 Å². The minimum absolute atomic E-state index is 0.503. The number of hydrogen-bond donors (Lipinski definition) is 1. The summed E-state index contributed by atoms with van der Waals surface area (Å²) >= 11 is 0. The highest BCUT2D eigenvalue weighted by Crippen LogP contribution is 2.24. The Morgan fingerprint density at radius 2 is 2.00 bits per heavy atom. The smallest absolute Gasteiger partial charge is 0.111 e. The van der Waals surface area contributed by atoms with Gasteiger partial charge in [-0.15, -0.1) is 0 Å². The Morgan fingerprint density at radius 3 is 2.86 bits per heavy atom. The van der Waals surface area contributed by atoms with Crippen molar-refractivity contribution in [3.8, 4) is 0 Å². The van der Waals surface area contributed by atoms with Crippen LogP contribution in [0.15, 0.2) is 48.9 Å². The summed E-state index contributed by atoms with van der Waals surface area (Å²) in [5, 5.41) is 11.6. The van der Waals surface area contributed by atoms with Crippen molar-refractivity contribution in [1.29, 1.82) is 0 Å². The molecule has 0 saturated carbocycles. The van der Waals surface area contributed by atoms with Gasteiger partial charge in [0.25, 0.3) is 0 Å². The zero-order valence-electron chi connectivity index (χ0n) is 12.1. The van der Waals surface area contributed by atoms with E-state index >= 15 is 0 Å². The molecule has 0 saturated heterocycles. The van der Waals surface area contributed by atoms with Crippen LogP contribution in [0, 0.1) is 0 Å². The second-order valence-corrected chi connectivity index (χ2v) is 5.18. The van der Waals surface area contributed by atoms with Gasteiger partial charge < -0.3 is 9.67 Å². The summed E-state index contributed by atoms with van der Waals surface area (Å²) in [7, 11) is 0. The third-order valence-electron chi connectivity index (χ3n) is 3.67. The van der Waals surface area contributed by atoms with E-state index in [0.717, 1.165) is 35.3 Å². The van der Waals surface area contributed by atoms with Crippen LogP contribution < -0.4 is 0 Å². The summed E-state index contributed by atoms with van der Waals surface area (Å²) in [4.78, 5) is 8.77. The number of para-hydroxylation sites is 1. The molecule has 0 aliphatic carbocycles. The van der Waals surface area contributed by atoms with Crippen molar-refractivity contribution < 1.29 is 5.11 Å². The summed E-state index contributed by atoms with van der Waals surface area (Å²) in [6, 6.07) is 9.83. The standard InChI is InChI=1S/C17H19N3O/c1-2-10-20-11-9-18-16(20)12-15(21)14-7-3-5-13-6-4-8-19-17(13)14/h3-9,11,15,21H,2,10,12H2,1H3.